The third-order valence-electron chi connectivity index (χ3n) is 4.47. The number of piperidine rings is 1. The minimum absolute atomic E-state index is 0.257. The fraction of sp³-hybridized carbons (Fsp3) is 0.625. The van der Waals surface area contributed by atoms with Gasteiger partial charge in [0.25, 0.3) is 0 Å². The highest BCUT2D eigenvalue weighted by atomic mass is 16.3. The fourth-order valence-corrected chi connectivity index (χ4v) is 3.11. The largest absolute Gasteiger partial charge is 0.382 e. The Kier molecular flexibility index (Phi) is 4.61. The van der Waals surface area contributed by atoms with Crippen LogP contribution < -0.4 is 5.73 Å². The van der Waals surface area contributed by atoms with Gasteiger partial charge in [-0.1, -0.05) is 36.8 Å². The number of nitrogens with two attached hydrogens (primary N) is 1. The minimum Gasteiger partial charge on any atom is -0.382 e. The summed E-state index contributed by atoms with van der Waals surface area (Å²) in [5.41, 5.74) is 5.85. The summed E-state index contributed by atoms with van der Waals surface area (Å²) in [5, 5.41) is 10.9. The van der Waals surface area contributed by atoms with Gasteiger partial charge in [0.15, 0.2) is 0 Å². The van der Waals surface area contributed by atoms with Gasteiger partial charge in [0.1, 0.15) is 5.60 Å². The van der Waals surface area contributed by atoms with E-state index in [9.17, 15) is 5.11 Å². The summed E-state index contributed by atoms with van der Waals surface area (Å²) in [4.78, 5) is 2.41. The highest BCUT2D eigenvalue weighted by molar-refractivity contribution is 5.23. The van der Waals surface area contributed by atoms with Crippen LogP contribution in [-0.2, 0) is 5.60 Å². The van der Waals surface area contributed by atoms with Crippen molar-refractivity contribution in [1.29, 1.82) is 0 Å². The molecule has 0 amide bonds. The van der Waals surface area contributed by atoms with E-state index in [1.807, 2.05) is 30.3 Å². The zero-order valence-electron chi connectivity index (χ0n) is 12.0. The van der Waals surface area contributed by atoms with E-state index in [-0.39, 0.29) is 6.54 Å². The number of hydrogen-bond acceptors (Lipinski definition) is 3. The second-order valence-electron chi connectivity index (χ2n) is 5.90. The number of rotatable bonds is 4. The zero-order chi connectivity index (χ0) is 13.9. The van der Waals surface area contributed by atoms with E-state index in [1.165, 1.54) is 19.3 Å². The van der Waals surface area contributed by atoms with Gasteiger partial charge in [0, 0.05) is 25.2 Å². The number of hydrogen-bond donors (Lipinski definition) is 2. The van der Waals surface area contributed by atoms with Gasteiger partial charge in [0.2, 0.25) is 0 Å². The summed E-state index contributed by atoms with van der Waals surface area (Å²) in [5.74, 6) is 0. The Hall–Kier alpha value is -0.900. The predicted molar refractivity (Wildman–Crippen MR) is 78.9 cm³/mol. The highest BCUT2D eigenvalue weighted by Crippen LogP contribution is 2.28. The number of aliphatic hydroxyl groups is 1. The summed E-state index contributed by atoms with van der Waals surface area (Å²) >= 11 is 0. The Morgan fingerprint density at radius 2 is 1.79 bits per heavy atom. The first-order valence-corrected chi connectivity index (χ1v) is 7.30. The molecule has 0 aromatic heterocycles. The topological polar surface area (TPSA) is 49.5 Å². The van der Waals surface area contributed by atoms with Crippen molar-refractivity contribution in [2.24, 2.45) is 5.73 Å². The first-order valence-electron chi connectivity index (χ1n) is 7.30. The first kappa shape index (κ1) is 14.5. The lowest BCUT2D eigenvalue weighted by Gasteiger charge is -2.43. The second kappa shape index (κ2) is 6.04. The van der Waals surface area contributed by atoms with Gasteiger partial charge in [-0.3, -0.25) is 4.90 Å². The lowest BCUT2D eigenvalue weighted by molar-refractivity contribution is -0.0287. The maximum atomic E-state index is 10.9. The van der Waals surface area contributed by atoms with E-state index >= 15 is 0 Å². The molecule has 3 nitrogen and oxygen atoms in total. The van der Waals surface area contributed by atoms with Crippen molar-refractivity contribution < 1.29 is 5.11 Å². The van der Waals surface area contributed by atoms with E-state index < -0.39 is 5.60 Å². The van der Waals surface area contributed by atoms with Crippen molar-refractivity contribution in [2.75, 3.05) is 13.1 Å². The quantitative estimate of drug-likeness (QED) is 0.873. The van der Waals surface area contributed by atoms with E-state index in [0.29, 0.717) is 18.6 Å². The monoisotopic (exact) mass is 262 g/mol. The van der Waals surface area contributed by atoms with Crippen LogP contribution in [0.3, 0.4) is 0 Å². The molecule has 1 aromatic rings. The van der Waals surface area contributed by atoms with Crippen molar-refractivity contribution in [2.45, 2.75) is 50.8 Å². The van der Waals surface area contributed by atoms with E-state index in [1.54, 1.807) is 0 Å². The summed E-state index contributed by atoms with van der Waals surface area (Å²) in [7, 11) is 0. The number of benzene rings is 1. The smallest absolute Gasteiger partial charge is 0.114 e. The molecule has 1 aliphatic rings. The van der Waals surface area contributed by atoms with E-state index in [4.69, 9.17) is 5.73 Å². The molecule has 3 heteroatoms. The van der Waals surface area contributed by atoms with Crippen LogP contribution in [0, 0.1) is 0 Å². The van der Waals surface area contributed by atoms with E-state index in [2.05, 4.69) is 18.7 Å². The van der Waals surface area contributed by atoms with Crippen molar-refractivity contribution in [1.82, 2.24) is 4.90 Å². The zero-order valence-corrected chi connectivity index (χ0v) is 12.0. The van der Waals surface area contributed by atoms with Crippen molar-refractivity contribution in [3.63, 3.8) is 0 Å². The second-order valence-corrected chi connectivity index (χ2v) is 5.90. The summed E-state index contributed by atoms with van der Waals surface area (Å²) < 4.78 is 0. The molecule has 0 spiro atoms. The molecule has 0 saturated carbocycles. The van der Waals surface area contributed by atoms with Crippen LogP contribution in [-0.4, -0.2) is 35.2 Å². The first-order chi connectivity index (χ1) is 9.07. The van der Waals surface area contributed by atoms with Crippen molar-refractivity contribution in [3.8, 4) is 0 Å². The third-order valence-corrected chi connectivity index (χ3v) is 4.47. The van der Waals surface area contributed by atoms with Crippen LogP contribution in [0.1, 0.15) is 38.7 Å². The Balaban J connectivity index is 2.18. The summed E-state index contributed by atoms with van der Waals surface area (Å²) in [6.07, 6.45) is 3.70. The van der Waals surface area contributed by atoms with Gasteiger partial charge in [-0.05, 0) is 32.3 Å². The Morgan fingerprint density at radius 1 is 1.21 bits per heavy atom. The molecule has 1 fully saturated rings. The molecule has 0 bridgehead atoms. The molecule has 3 atom stereocenters. The van der Waals surface area contributed by atoms with Gasteiger partial charge in [-0.15, -0.1) is 0 Å². The lowest BCUT2D eigenvalue weighted by Crippen LogP contribution is -2.53. The Labute approximate surface area is 116 Å². The molecule has 1 saturated heterocycles. The maximum absolute atomic E-state index is 10.9. The average Bonchev–Trinajstić information content (AvgIpc) is 2.44. The van der Waals surface area contributed by atoms with Crippen LogP contribution in [0.4, 0.5) is 0 Å². The van der Waals surface area contributed by atoms with Gasteiger partial charge in [0.05, 0.1) is 0 Å². The molecular weight excluding hydrogens is 236 g/mol. The van der Waals surface area contributed by atoms with E-state index in [0.717, 1.165) is 5.56 Å². The molecule has 2 rings (SSSR count). The molecular formula is C16H26N2O. The molecule has 3 N–H and O–H groups in total. The molecule has 0 radical (unpaired) electrons. The SMILES string of the molecule is C[C@@H]1CCC[C@H](C)N1CC(O)(CN)c1ccccc1. The van der Waals surface area contributed by atoms with Crippen LogP contribution in [0.15, 0.2) is 30.3 Å². The molecule has 1 aliphatic heterocycles. The fourth-order valence-electron chi connectivity index (χ4n) is 3.11. The van der Waals surface area contributed by atoms with Gasteiger partial charge >= 0.3 is 0 Å². The molecule has 1 unspecified atom stereocenters. The lowest BCUT2D eigenvalue weighted by atomic mass is 9.89. The molecule has 0 aliphatic carbocycles. The van der Waals surface area contributed by atoms with Crippen LogP contribution in [0.2, 0.25) is 0 Å². The highest BCUT2D eigenvalue weighted by Gasteiger charge is 2.35. The normalized spacial score (nSPS) is 28.0. The van der Waals surface area contributed by atoms with Gasteiger partial charge < -0.3 is 10.8 Å². The number of β-amino-alcohol motifs (C(OH)–C–C–N with tert-alkyl or cyclic N) is 1. The number of likely N-dealkylation sites (tertiary alicyclic amines) is 1. The van der Waals surface area contributed by atoms with Crippen molar-refractivity contribution >= 4 is 0 Å². The van der Waals surface area contributed by atoms with Gasteiger partial charge in [-0.2, -0.15) is 0 Å². The maximum Gasteiger partial charge on any atom is 0.114 e. The van der Waals surface area contributed by atoms with Crippen LogP contribution in [0.25, 0.3) is 0 Å². The average molecular weight is 262 g/mol. The Bertz CT molecular complexity index is 385. The predicted octanol–water partition coefficient (Wildman–Crippen LogP) is 2.10. The van der Waals surface area contributed by atoms with Crippen LogP contribution >= 0.6 is 0 Å². The molecule has 106 valence electrons. The third kappa shape index (κ3) is 3.16. The van der Waals surface area contributed by atoms with Crippen molar-refractivity contribution in [3.05, 3.63) is 35.9 Å². The molecule has 19 heavy (non-hydrogen) atoms. The standard InChI is InChI=1S/C16H26N2O/c1-13-7-6-8-14(2)18(13)12-16(19,11-17)15-9-4-3-5-10-15/h3-5,9-10,13-14,19H,6-8,11-12,17H2,1-2H3/t13-,14+,16?. The Morgan fingerprint density at radius 3 is 2.32 bits per heavy atom. The summed E-state index contributed by atoms with van der Waals surface area (Å²) in [6.45, 7) is 5.37. The van der Waals surface area contributed by atoms with Crippen LogP contribution in [0.5, 0.6) is 0 Å². The summed E-state index contributed by atoms with van der Waals surface area (Å²) in [6, 6.07) is 10.8. The molecule has 1 aromatic carbocycles. The molecule has 1 heterocycles. The van der Waals surface area contributed by atoms with Gasteiger partial charge in [-0.25, -0.2) is 0 Å². The minimum atomic E-state index is -0.943. The number of nitrogens with zero attached hydrogens (tertiary/aromatic N) is 1.